The van der Waals surface area contributed by atoms with Crippen LogP contribution in [-0.2, 0) is 19.1 Å². The summed E-state index contributed by atoms with van der Waals surface area (Å²) in [5.41, 5.74) is -0.939. The molecule has 4 nitrogen and oxygen atoms in total. The Morgan fingerprint density at radius 1 is 0.889 bits per heavy atom. The highest BCUT2D eigenvalue weighted by Crippen LogP contribution is 2.48. The van der Waals surface area contributed by atoms with Gasteiger partial charge in [-0.2, -0.15) is 0 Å². The smallest absolute Gasteiger partial charge is 0.316 e. The normalized spacial score (nSPS) is 21.6. The summed E-state index contributed by atoms with van der Waals surface area (Å²) in [6.07, 6.45) is 6.48. The van der Waals surface area contributed by atoms with Gasteiger partial charge in [-0.1, -0.05) is 12.2 Å². The van der Waals surface area contributed by atoms with Crippen LogP contribution in [0.1, 0.15) is 25.7 Å². The van der Waals surface area contributed by atoms with E-state index in [1.54, 1.807) is 12.2 Å². The van der Waals surface area contributed by atoms with Crippen LogP contribution in [0, 0.1) is 10.8 Å². The maximum atomic E-state index is 11.6. The third kappa shape index (κ3) is 2.33. The highest BCUT2D eigenvalue weighted by atomic mass is 16.6. The Hall–Kier alpha value is -1.58. The fourth-order valence-corrected chi connectivity index (χ4v) is 1.81. The first-order valence-corrected chi connectivity index (χ1v) is 6.20. The highest BCUT2D eigenvalue weighted by molar-refractivity contribution is 5.83. The average molecular weight is 250 g/mol. The summed E-state index contributed by atoms with van der Waals surface area (Å²) in [6, 6.07) is 0. The molecule has 0 spiro atoms. The number of esters is 2. The SMILES string of the molecule is C=CC1(C(=O)OCCOC(=O)C2(C=C)CC2)CC1. The van der Waals surface area contributed by atoms with Crippen molar-refractivity contribution in [1.29, 1.82) is 0 Å². The molecule has 0 aromatic carbocycles. The maximum absolute atomic E-state index is 11.6. The monoisotopic (exact) mass is 250 g/mol. The number of carbonyl (C=O) groups excluding carboxylic acids is 2. The molecular weight excluding hydrogens is 232 g/mol. The summed E-state index contributed by atoms with van der Waals surface area (Å²) >= 11 is 0. The zero-order valence-electron chi connectivity index (χ0n) is 10.4. The molecule has 2 saturated carbocycles. The summed E-state index contributed by atoms with van der Waals surface area (Å²) in [4.78, 5) is 23.2. The van der Waals surface area contributed by atoms with E-state index in [4.69, 9.17) is 9.47 Å². The molecule has 2 aliphatic rings. The summed E-state index contributed by atoms with van der Waals surface area (Å²) in [5, 5.41) is 0. The molecule has 0 aromatic heterocycles. The van der Waals surface area contributed by atoms with Crippen LogP contribution >= 0.6 is 0 Å². The predicted molar refractivity (Wildman–Crippen MR) is 65.6 cm³/mol. The van der Waals surface area contributed by atoms with Crippen LogP contribution in [0.25, 0.3) is 0 Å². The second kappa shape index (κ2) is 4.59. The van der Waals surface area contributed by atoms with Crippen molar-refractivity contribution in [2.24, 2.45) is 10.8 Å². The lowest BCUT2D eigenvalue weighted by Crippen LogP contribution is -2.22. The molecular formula is C14H18O4. The first kappa shape index (κ1) is 12.9. The van der Waals surface area contributed by atoms with Gasteiger partial charge in [0.2, 0.25) is 0 Å². The molecule has 0 saturated heterocycles. The standard InChI is InChI=1S/C14H18O4/c1-3-13(5-6-13)11(15)17-9-10-18-12(16)14(4-2)7-8-14/h3-4H,1-2,5-10H2. The lowest BCUT2D eigenvalue weighted by atomic mass is 10.1. The fraction of sp³-hybridized carbons (Fsp3) is 0.571. The van der Waals surface area contributed by atoms with Crippen molar-refractivity contribution in [3.8, 4) is 0 Å². The molecule has 4 heteroatoms. The van der Waals surface area contributed by atoms with Crippen LogP contribution in [0.15, 0.2) is 25.3 Å². The molecule has 18 heavy (non-hydrogen) atoms. The van der Waals surface area contributed by atoms with Gasteiger partial charge >= 0.3 is 11.9 Å². The molecule has 2 aliphatic carbocycles. The van der Waals surface area contributed by atoms with Gasteiger partial charge in [0.1, 0.15) is 13.2 Å². The molecule has 0 aromatic rings. The molecule has 2 fully saturated rings. The molecule has 0 bridgehead atoms. The summed E-state index contributed by atoms with van der Waals surface area (Å²) in [6.45, 7) is 7.46. The molecule has 0 amide bonds. The van der Waals surface area contributed by atoms with Gasteiger partial charge in [-0.15, -0.1) is 13.2 Å². The second-order valence-electron chi connectivity index (χ2n) is 4.99. The molecule has 0 radical (unpaired) electrons. The van der Waals surface area contributed by atoms with Gasteiger partial charge in [0.05, 0.1) is 10.8 Å². The number of hydrogen-bond donors (Lipinski definition) is 0. The topological polar surface area (TPSA) is 52.6 Å². The van der Waals surface area contributed by atoms with E-state index in [-0.39, 0.29) is 25.2 Å². The van der Waals surface area contributed by atoms with Crippen molar-refractivity contribution in [2.75, 3.05) is 13.2 Å². The van der Waals surface area contributed by atoms with Crippen molar-refractivity contribution in [3.05, 3.63) is 25.3 Å². The second-order valence-corrected chi connectivity index (χ2v) is 4.99. The van der Waals surface area contributed by atoms with Gasteiger partial charge < -0.3 is 9.47 Å². The minimum atomic E-state index is -0.469. The van der Waals surface area contributed by atoms with Gasteiger partial charge in [-0.3, -0.25) is 9.59 Å². The predicted octanol–water partition coefficient (Wildman–Crippen LogP) is 2.01. The van der Waals surface area contributed by atoms with Crippen LogP contribution in [-0.4, -0.2) is 25.2 Å². The van der Waals surface area contributed by atoms with E-state index in [2.05, 4.69) is 13.2 Å². The molecule has 2 rings (SSSR count). The molecule has 98 valence electrons. The van der Waals surface area contributed by atoms with Crippen molar-refractivity contribution in [3.63, 3.8) is 0 Å². The third-order valence-electron chi connectivity index (χ3n) is 3.72. The lowest BCUT2D eigenvalue weighted by Gasteiger charge is -2.12. The van der Waals surface area contributed by atoms with E-state index < -0.39 is 10.8 Å². The van der Waals surface area contributed by atoms with Crippen molar-refractivity contribution in [1.82, 2.24) is 0 Å². The first-order valence-electron chi connectivity index (χ1n) is 6.20. The Bertz CT molecular complexity index is 351. The molecule has 0 aliphatic heterocycles. The van der Waals surface area contributed by atoms with Crippen LogP contribution in [0.5, 0.6) is 0 Å². The van der Waals surface area contributed by atoms with Crippen LogP contribution in [0.3, 0.4) is 0 Å². The molecule has 0 N–H and O–H groups in total. The maximum Gasteiger partial charge on any atom is 0.316 e. The van der Waals surface area contributed by atoms with Gasteiger partial charge in [-0.05, 0) is 25.7 Å². The van der Waals surface area contributed by atoms with Crippen molar-refractivity contribution in [2.45, 2.75) is 25.7 Å². The Kier molecular flexibility index (Phi) is 3.28. The quantitative estimate of drug-likeness (QED) is 0.394. The van der Waals surface area contributed by atoms with Crippen molar-refractivity contribution < 1.29 is 19.1 Å². The molecule has 0 unspecified atom stereocenters. The van der Waals surface area contributed by atoms with Gasteiger partial charge in [0.15, 0.2) is 0 Å². The van der Waals surface area contributed by atoms with Crippen molar-refractivity contribution >= 4 is 11.9 Å². The third-order valence-corrected chi connectivity index (χ3v) is 3.72. The zero-order chi connectivity index (χ0) is 13.2. The van der Waals surface area contributed by atoms with Crippen LogP contribution < -0.4 is 0 Å². The Labute approximate surface area is 107 Å². The number of ether oxygens (including phenoxy) is 2. The van der Waals surface area contributed by atoms with E-state index in [1.807, 2.05) is 0 Å². The van der Waals surface area contributed by atoms with E-state index >= 15 is 0 Å². The van der Waals surface area contributed by atoms with Gasteiger partial charge in [0.25, 0.3) is 0 Å². The lowest BCUT2D eigenvalue weighted by molar-refractivity contribution is -0.157. The number of carbonyl (C=O) groups is 2. The summed E-state index contributed by atoms with van der Waals surface area (Å²) < 4.78 is 10.1. The van der Waals surface area contributed by atoms with Crippen LogP contribution in [0.4, 0.5) is 0 Å². The largest absolute Gasteiger partial charge is 0.461 e. The number of rotatable bonds is 7. The van der Waals surface area contributed by atoms with Gasteiger partial charge in [-0.25, -0.2) is 0 Å². The minimum absolute atomic E-state index is 0.105. The van der Waals surface area contributed by atoms with Crippen LogP contribution in [0.2, 0.25) is 0 Å². The minimum Gasteiger partial charge on any atom is -0.461 e. The fourth-order valence-electron chi connectivity index (χ4n) is 1.81. The number of hydrogen-bond acceptors (Lipinski definition) is 4. The summed E-state index contributed by atoms with van der Waals surface area (Å²) in [5.74, 6) is -0.531. The Balaban J connectivity index is 1.65. The molecule has 0 heterocycles. The first-order chi connectivity index (χ1) is 8.58. The van der Waals surface area contributed by atoms with E-state index in [9.17, 15) is 9.59 Å². The van der Waals surface area contributed by atoms with Gasteiger partial charge in [0, 0.05) is 0 Å². The van der Waals surface area contributed by atoms with E-state index in [0.29, 0.717) is 0 Å². The average Bonchev–Trinajstić information content (AvgIpc) is 3.28. The molecule has 0 atom stereocenters. The Morgan fingerprint density at radius 3 is 1.44 bits per heavy atom. The summed E-state index contributed by atoms with van der Waals surface area (Å²) in [7, 11) is 0. The Morgan fingerprint density at radius 2 is 1.22 bits per heavy atom. The highest BCUT2D eigenvalue weighted by Gasteiger charge is 2.49. The van der Waals surface area contributed by atoms with E-state index in [0.717, 1.165) is 25.7 Å². The zero-order valence-corrected chi connectivity index (χ0v) is 10.4. The van der Waals surface area contributed by atoms with E-state index in [1.165, 1.54) is 0 Å².